The molecule has 15 heavy (non-hydrogen) atoms. The van der Waals surface area contributed by atoms with Gasteiger partial charge in [0.25, 0.3) is 0 Å². The molecule has 0 aliphatic carbocycles. The number of hydrogen-bond acceptors (Lipinski definition) is 3. The van der Waals surface area contributed by atoms with E-state index >= 15 is 0 Å². The number of nitrogens with one attached hydrogen (secondary N) is 1. The van der Waals surface area contributed by atoms with E-state index in [1.807, 2.05) is 13.8 Å². The van der Waals surface area contributed by atoms with Gasteiger partial charge in [0.2, 0.25) is 0 Å². The van der Waals surface area contributed by atoms with Crippen molar-refractivity contribution in [2.24, 2.45) is 5.92 Å². The third-order valence-corrected chi connectivity index (χ3v) is 4.11. The van der Waals surface area contributed by atoms with Crippen LogP contribution in [0.3, 0.4) is 0 Å². The summed E-state index contributed by atoms with van der Waals surface area (Å²) in [5.74, 6) is 0.902. The minimum Gasteiger partial charge on any atom is -0.315 e. The zero-order chi connectivity index (χ0) is 11.9. The second-order valence-corrected chi connectivity index (χ2v) is 7.05. The summed E-state index contributed by atoms with van der Waals surface area (Å²) in [5.41, 5.74) is 0. The average molecular weight is 235 g/mol. The van der Waals surface area contributed by atoms with E-state index in [0.29, 0.717) is 17.5 Å². The Balaban J connectivity index is 3.58. The lowest BCUT2D eigenvalue weighted by atomic mass is 10.3. The third kappa shape index (κ3) is 10.2. The molecule has 0 radical (unpaired) electrons. The van der Waals surface area contributed by atoms with Gasteiger partial charge in [-0.15, -0.1) is 0 Å². The second-order valence-electron chi connectivity index (χ2n) is 4.82. The van der Waals surface area contributed by atoms with Crippen LogP contribution in [-0.4, -0.2) is 32.5 Å². The summed E-state index contributed by atoms with van der Waals surface area (Å²) >= 11 is 0. The maximum atomic E-state index is 11.5. The molecule has 0 saturated heterocycles. The predicted molar refractivity (Wildman–Crippen MR) is 65.9 cm³/mol. The molecule has 0 aliphatic heterocycles. The molecule has 0 aromatic heterocycles. The van der Waals surface area contributed by atoms with Gasteiger partial charge in [-0.2, -0.15) is 0 Å². The molecule has 0 rings (SSSR count). The van der Waals surface area contributed by atoms with Gasteiger partial charge in [-0.3, -0.25) is 0 Å². The van der Waals surface area contributed by atoms with Gasteiger partial charge in [-0.1, -0.05) is 27.7 Å². The first kappa shape index (κ1) is 14.9. The van der Waals surface area contributed by atoms with Crippen LogP contribution < -0.4 is 5.32 Å². The van der Waals surface area contributed by atoms with Crippen LogP contribution in [0.1, 0.15) is 40.5 Å². The van der Waals surface area contributed by atoms with Crippen molar-refractivity contribution in [3.05, 3.63) is 0 Å². The topological polar surface area (TPSA) is 46.2 Å². The molecule has 0 amide bonds. The Labute approximate surface area is 94.6 Å². The normalized spacial score (nSPS) is 12.7. The monoisotopic (exact) mass is 235 g/mol. The number of rotatable bonds is 8. The minimum atomic E-state index is -2.81. The molecule has 0 spiro atoms. The maximum Gasteiger partial charge on any atom is 0.150 e. The summed E-state index contributed by atoms with van der Waals surface area (Å²) in [6.07, 6.45) is 1.71. The van der Waals surface area contributed by atoms with Gasteiger partial charge in [0.05, 0.1) is 11.5 Å². The number of unbranched alkanes of at least 4 members (excludes halogenated alkanes) is 1. The Kier molecular flexibility index (Phi) is 7.18. The molecule has 0 saturated carbocycles. The minimum absolute atomic E-state index is 0.240. The van der Waals surface area contributed by atoms with E-state index in [4.69, 9.17) is 0 Å². The molecule has 0 fully saturated rings. The molecule has 0 aliphatic rings. The maximum absolute atomic E-state index is 11.5. The molecule has 0 aromatic rings. The van der Waals surface area contributed by atoms with E-state index in [1.54, 1.807) is 0 Å². The Morgan fingerprint density at radius 1 is 1.07 bits per heavy atom. The molecule has 1 N–H and O–H groups in total. The van der Waals surface area contributed by atoms with Gasteiger partial charge in [-0.25, -0.2) is 8.42 Å². The molecule has 92 valence electrons. The number of hydrogen-bond donors (Lipinski definition) is 1. The third-order valence-electron chi connectivity index (χ3n) is 2.02. The van der Waals surface area contributed by atoms with Gasteiger partial charge in [0, 0.05) is 6.04 Å². The summed E-state index contributed by atoms with van der Waals surface area (Å²) in [5, 5.41) is 3.28. The summed E-state index contributed by atoms with van der Waals surface area (Å²) in [6.45, 7) is 8.98. The molecular formula is C11H25NO2S. The van der Waals surface area contributed by atoms with Crippen LogP contribution in [0.15, 0.2) is 0 Å². The highest BCUT2D eigenvalue weighted by atomic mass is 32.2. The zero-order valence-corrected chi connectivity index (χ0v) is 11.2. The summed E-state index contributed by atoms with van der Waals surface area (Å²) in [7, 11) is -2.81. The van der Waals surface area contributed by atoms with Gasteiger partial charge in [-0.05, 0) is 25.3 Å². The molecular weight excluding hydrogens is 210 g/mol. The lowest BCUT2D eigenvalue weighted by molar-refractivity contribution is 0.556. The van der Waals surface area contributed by atoms with Crippen LogP contribution in [0.25, 0.3) is 0 Å². The van der Waals surface area contributed by atoms with Crippen LogP contribution in [-0.2, 0) is 9.84 Å². The van der Waals surface area contributed by atoms with Crippen molar-refractivity contribution >= 4 is 9.84 Å². The van der Waals surface area contributed by atoms with Crippen molar-refractivity contribution in [3.63, 3.8) is 0 Å². The summed E-state index contributed by atoms with van der Waals surface area (Å²) in [6, 6.07) is 0.484. The van der Waals surface area contributed by atoms with E-state index in [2.05, 4.69) is 19.2 Å². The second kappa shape index (κ2) is 7.23. The van der Waals surface area contributed by atoms with Gasteiger partial charge in [0.15, 0.2) is 9.84 Å². The quantitative estimate of drug-likeness (QED) is 0.653. The fourth-order valence-corrected chi connectivity index (χ4v) is 3.26. The summed E-state index contributed by atoms with van der Waals surface area (Å²) in [4.78, 5) is 0. The van der Waals surface area contributed by atoms with Crippen molar-refractivity contribution in [2.45, 2.75) is 46.6 Å². The zero-order valence-electron chi connectivity index (χ0n) is 10.4. The Hall–Kier alpha value is -0.0900. The Morgan fingerprint density at radius 3 is 2.13 bits per heavy atom. The fourth-order valence-electron chi connectivity index (χ4n) is 1.43. The van der Waals surface area contributed by atoms with Gasteiger partial charge in [0.1, 0.15) is 0 Å². The fraction of sp³-hybridized carbons (Fsp3) is 1.00. The van der Waals surface area contributed by atoms with Crippen molar-refractivity contribution < 1.29 is 8.42 Å². The predicted octanol–water partition coefficient (Wildman–Crippen LogP) is 1.84. The highest BCUT2D eigenvalue weighted by Crippen LogP contribution is 2.03. The number of sulfone groups is 1. The first-order chi connectivity index (χ1) is 6.83. The van der Waals surface area contributed by atoms with E-state index in [-0.39, 0.29) is 5.92 Å². The van der Waals surface area contributed by atoms with Gasteiger partial charge >= 0.3 is 0 Å². The van der Waals surface area contributed by atoms with Crippen LogP contribution in [0.4, 0.5) is 0 Å². The molecule has 4 heteroatoms. The smallest absolute Gasteiger partial charge is 0.150 e. The SMILES string of the molecule is CC(C)CS(=O)(=O)CCCCNC(C)C. The molecule has 0 aromatic carbocycles. The molecule has 0 bridgehead atoms. The van der Waals surface area contributed by atoms with E-state index in [1.165, 1.54) is 0 Å². The molecule has 3 nitrogen and oxygen atoms in total. The Morgan fingerprint density at radius 2 is 1.67 bits per heavy atom. The first-order valence-electron chi connectivity index (χ1n) is 5.77. The van der Waals surface area contributed by atoms with Crippen molar-refractivity contribution in [3.8, 4) is 0 Å². The van der Waals surface area contributed by atoms with Crippen molar-refractivity contribution in [1.82, 2.24) is 5.32 Å². The van der Waals surface area contributed by atoms with E-state index in [9.17, 15) is 8.42 Å². The summed E-state index contributed by atoms with van der Waals surface area (Å²) < 4.78 is 23.0. The van der Waals surface area contributed by atoms with E-state index in [0.717, 1.165) is 19.4 Å². The van der Waals surface area contributed by atoms with Gasteiger partial charge < -0.3 is 5.32 Å². The van der Waals surface area contributed by atoms with Crippen LogP contribution in [0, 0.1) is 5.92 Å². The largest absolute Gasteiger partial charge is 0.315 e. The molecule has 0 heterocycles. The highest BCUT2D eigenvalue weighted by Gasteiger charge is 2.12. The molecule has 0 unspecified atom stereocenters. The lowest BCUT2D eigenvalue weighted by Gasteiger charge is -2.09. The first-order valence-corrected chi connectivity index (χ1v) is 7.59. The van der Waals surface area contributed by atoms with Crippen LogP contribution in [0.5, 0.6) is 0 Å². The lowest BCUT2D eigenvalue weighted by Crippen LogP contribution is -2.24. The average Bonchev–Trinajstić information content (AvgIpc) is 1.99. The molecule has 0 atom stereocenters. The van der Waals surface area contributed by atoms with Crippen LogP contribution in [0.2, 0.25) is 0 Å². The standard InChI is InChI=1S/C11H25NO2S/c1-10(2)9-15(13,14)8-6-5-7-12-11(3)4/h10-12H,5-9H2,1-4H3. The highest BCUT2D eigenvalue weighted by molar-refractivity contribution is 7.91. The van der Waals surface area contributed by atoms with E-state index < -0.39 is 9.84 Å². The Bertz CT molecular complexity index is 245. The van der Waals surface area contributed by atoms with Crippen molar-refractivity contribution in [2.75, 3.05) is 18.1 Å². The van der Waals surface area contributed by atoms with Crippen molar-refractivity contribution in [1.29, 1.82) is 0 Å². The van der Waals surface area contributed by atoms with Crippen LogP contribution >= 0.6 is 0 Å².